The van der Waals surface area contributed by atoms with Gasteiger partial charge in [0.25, 0.3) is 0 Å². The number of halogens is 3. The third-order valence-corrected chi connectivity index (χ3v) is 4.75. The van der Waals surface area contributed by atoms with E-state index in [0.29, 0.717) is 23.3 Å². The number of aliphatic hydroxyl groups is 1. The molecule has 142 valence electrons. The number of anilines is 1. The molecule has 7 nitrogen and oxygen atoms in total. The second-order valence-corrected chi connectivity index (χ2v) is 6.49. The van der Waals surface area contributed by atoms with Gasteiger partial charge in [-0.15, -0.1) is 0 Å². The fraction of sp³-hybridized carbons (Fsp3) is 0.412. The van der Waals surface area contributed by atoms with Gasteiger partial charge in [-0.3, -0.25) is 4.40 Å². The van der Waals surface area contributed by atoms with Crippen LogP contribution >= 0.6 is 0 Å². The van der Waals surface area contributed by atoms with Crippen LogP contribution in [0.1, 0.15) is 18.5 Å². The molecule has 1 N–H and O–H groups in total. The second kappa shape index (κ2) is 6.76. The van der Waals surface area contributed by atoms with Gasteiger partial charge in [0.1, 0.15) is 11.5 Å². The summed E-state index contributed by atoms with van der Waals surface area (Å²) in [5, 5.41) is 9.26. The van der Waals surface area contributed by atoms with E-state index < -0.39 is 11.9 Å². The SMILES string of the molecule is OCC1CCN(c2ccnc(-c3cnc4cnc(C(F)(F)F)cn34)n2)CC1. The van der Waals surface area contributed by atoms with Gasteiger partial charge in [-0.25, -0.2) is 19.9 Å². The van der Waals surface area contributed by atoms with Crippen molar-refractivity contribution in [1.82, 2.24) is 24.3 Å². The normalized spacial score (nSPS) is 16.2. The van der Waals surface area contributed by atoms with Crippen LogP contribution in [-0.2, 0) is 6.18 Å². The van der Waals surface area contributed by atoms with Crippen molar-refractivity contribution in [3.05, 3.63) is 36.5 Å². The van der Waals surface area contributed by atoms with E-state index in [1.54, 1.807) is 12.3 Å². The number of fused-ring (bicyclic) bond motifs is 1. The van der Waals surface area contributed by atoms with Crippen LogP contribution in [0.4, 0.5) is 19.0 Å². The number of nitrogens with zero attached hydrogens (tertiary/aromatic N) is 6. The maximum absolute atomic E-state index is 13.0. The summed E-state index contributed by atoms with van der Waals surface area (Å²) < 4.78 is 40.2. The van der Waals surface area contributed by atoms with E-state index in [4.69, 9.17) is 0 Å². The summed E-state index contributed by atoms with van der Waals surface area (Å²) in [6.45, 7) is 1.70. The van der Waals surface area contributed by atoms with Gasteiger partial charge in [-0.2, -0.15) is 13.2 Å². The van der Waals surface area contributed by atoms with Crippen LogP contribution in [0.15, 0.2) is 30.9 Å². The van der Waals surface area contributed by atoms with E-state index >= 15 is 0 Å². The Morgan fingerprint density at radius 1 is 1.11 bits per heavy atom. The largest absolute Gasteiger partial charge is 0.434 e. The van der Waals surface area contributed by atoms with Crippen LogP contribution < -0.4 is 4.90 Å². The van der Waals surface area contributed by atoms with Crippen molar-refractivity contribution >= 4 is 11.5 Å². The number of piperidine rings is 1. The highest BCUT2D eigenvalue weighted by Crippen LogP contribution is 2.29. The van der Waals surface area contributed by atoms with Gasteiger partial charge in [-0.1, -0.05) is 0 Å². The lowest BCUT2D eigenvalue weighted by molar-refractivity contribution is -0.141. The van der Waals surface area contributed by atoms with E-state index in [2.05, 4.69) is 24.8 Å². The van der Waals surface area contributed by atoms with Gasteiger partial charge in [0.15, 0.2) is 17.2 Å². The molecule has 0 unspecified atom stereocenters. The predicted molar refractivity (Wildman–Crippen MR) is 91.0 cm³/mol. The Hall–Kier alpha value is -2.75. The molecular formula is C17H17F3N6O. The van der Waals surface area contributed by atoms with Gasteiger partial charge < -0.3 is 10.0 Å². The van der Waals surface area contributed by atoms with Crippen molar-refractivity contribution in [2.24, 2.45) is 5.92 Å². The monoisotopic (exact) mass is 378 g/mol. The van der Waals surface area contributed by atoms with Crippen molar-refractivity contribution in [3.8, 4) is 11.5 Å². The molecule has 10 heteroatoms. The quantitative estimate of drug-likeness (QED) is 0.754. The van der Waals surface area contributed by atoms with Crippen molar-refractivity contribution in [2.45, 2.75) is 19.0 Å². The highest BCUT2D eigenvalue weighted by Gasteiger charge is 2.33. The predicted octanol–water partition coefficient (Wildman–Crippen LogP) is 2.41. The average Bonchev–Trinajstić information content (AvgIpc) is 3.11. The summed E-state index contributed by atoms with van der Waals surface area (Å²) in [6.07, 6.45) is 2.19. The maximum atomic E-state index is 13.0. The van der Waals surface area contributed by atoms with Crippen LogP contribution in [0.2, 0.25) is 0 Å². The zero-order valence-electron chi connectivity index (χ0n) is 14.3. The number of rotatable bonds is 3. The van der Waals surface area contributed by atoms with Crippen LogP contribution in [0.5, 0.6) is 0 Å². The Morgan fingerprint density at radius 2 is 1.89 bits per heavy atom. The van der Waals surface area contributed by atoms with E-state index in [1.807, 2.05) is 0 Å². The minimum atomic E-state index is -4.55. The zero-order valence-corrected chi connectivity index (χ0v) is 14.3. The average molecular weight is 378 g/mol. The highest BCUT2D eigenvalue weighted by atomic mass is 19.4. The molecule has 0 aromatic carbocycles. The van der Waals surface area contributed by atoms with Gasteiger partial charge >= 0.3 is 6.18 Å². The Bertz CT molecular complexity index is 949. The minimum Gasteiger partial charge on any atom is -0.396 e. The van der Waals surface area contributed by atoms with Crippen molar-refractivity contribution in [2.75, 3.05) is 24.6 Å². The van der Waals surface area contributed by atoms with Gasteiger partial charge in [0, 0.05) is 32.1 Å². The first-order valence-corrected chi connectivity index (χ1v) is 8.55. The molecule has 0 aliphatic carbocycles. The Morgan fingerprint density at radius 3 is 2.59 bits per heavy atom. The van der Waals surface area contributed by atoms with Crippen LogP contribution in [0.3, 0.4) is 0 Å². The van der Waals surface area contributed by atoms with E-state index in [1.165, 1.54) is 10.6 Å². The number of aromatic nitrogens is 5. The smallest absolute Gasteiger partial charge is 0.396 e. The molecule has 1 saturated heterocycles. The topological polar surface area (TPSA) is 79.4 Å². The molecule has 0 radical (unpaired) electrons. The van der Waals surface area contributed by atoms with Gasteiger partial charge in [-0.05, 0) is 24.8 Å². The van der Waals surface area contributed by atoms with Crippen LogP contribution in [0, 0.1) is 5.92 Å². The molecule has 1 fully saturated rings. The molecule has 0 spiro atoms. The molecule has 4 rings (SSSR count). The molecule has 0 amide bonds. The third kappa shape index (κ3) is 3.44. The van der Waals surface area contributed by atoms with Crippen LogP contribution in [-0.4, -0.2) is 49.1 Å². The maximum Gasteiger partial charge on any atom is 0.434 e. The van der Waals surface area contributed by atoms with E-state index in [-0.39, 0.29) is 12.3 Å². The number of hydrogen-bond donors (Lipinski definition) is 1. The second-order valence-electron chi connectivity index (χ2n) is 6.49. The van der Waals surface area contributed by atoms with Gasteiger partial charge in [0.2, 0.25) is 0 Å². The number of aliphatic hydroxyl groups excluding tert-OH is 1. The number of hydrogen-bond acceptors (Lipinski definition) is 6. The molecule has 3 aromatic rings. The lowest BCUT2D eigenvalue weighted by Crippen LogP contribution is -2.35. The molecule has 0 saturated carbocycles. The summed E-state index contributed by atoms with van der Waals surface area (Å²) in [5.41, 5.74) is -0.350. The van der Waals surface area contributed by atoms with Gasteiger partial charge in [0.05, 0.1) is 12.4 Å². The van der Waals surface area contributed by atoms with Crippen molar-refractivity contribution in [1.29, 1.82) is 0 Å². The molecule has 1 aliphatic rings. The fourth-order valence-electron chi connectivity index (χ4n) is 3.19. The molecule has 4 heterocycles. The fourth-order valence-corrected chi connectivity index (χ4v) is 3.19. The third-order valence-electron chi connectivity index (χ3n) is 4.75. The highest BCUT2D eigenvalue weighted by molar-refractivity contribution is 5.58. The Labute approximate surface area is 152 Å². The molecule has 0 atom stereocenters. The zero-order chi connectivity index (χ0) is 19.0. The van der Waals surface area contributed by atoms with Crippen molar-refractivity contribution in [3.63, 3.8) is 0 Å². The summed E-state index contributed by atoms with van der Waals surface area (Å²) in [4.78, 5) is 18.3. The first kappa shape index (κ1) is 17.7. The molecular weight excluding hydrogens is 361 g/mol. The standard InChI is InChI=1S/C17H17F3N6O/c18-17(19,20)13-9-26-12(7-23-15(26)8-22-13)16-21-4-1-14(24-16)25-5-2-11(10-27)3-6-25/h1,4,7-9,11,27H,2-3,5-6,10H2. The minimum absolute atomic E-state index is 0.181. The summed E-state index contributed by atoms with van der Waals surface area (Å²) in [7, 11) is 0. The lowest BCUT2D eigenvalue weighted by atomic mass is 9.98. The number of imidazole rings is 1. The first-order chi connectivity index (χ1) is 13.0. The Kier molecular flexibility index (Phi) is 4.42. The summed E-state index contributed by atoms with van der Waals surface area (Å²) in [6, 6.07) is 1.77. The molecule has 1 aliphatic heterocycles. The van der Waals surface area contributed by atoms with Crippen LogP contribution in [0.25, 0.3) is 17.2 Å². The Balaban J connectivity index is 1.68. The lowest BCUT2D eigenvalue weighted by Gasteiger charge is -2.31. The summed E-state index contributed by atoms with van der Waals surface area (Å²) in [5.74, 6) is 1.30. The molecule has 0 bridgehead atoms. The molecule has 3 aromatic heterocycles. The number of alkyl halides is 3. The van der Waals surface area contributed by atoms with E-state index in [9.17, 15) is 18.3 Å². The summed E-state index contributed by atoms with van der Waals surface area (Å²) >= 11 is 0. The first-order valence-electron chi connectivity index (χ1n) is 8.55. The molecule has 27 heavy (non-hydrogen) atoms. The van der Waals surface area contributed by atoms with E-state index in [0.717, 1.165) is 38.3 Å². The van der Waals surface area contributed by atoms with Crippen molar-refractivity contribution < 1.29 is 18.3 Å².